The first-order valence-electron chi connectivity index (χ1n) is 8.75. The van der Waals surface area contributed by atoms with Crippen LogP contribution >= 0.6 is 11.8 Å². The molecular weight excluding hydrogens is 453 g/mol. The maximum atomic E-state index is 13.8. The molecule has 0 aliphatic heterocycles. The van der Waals surface area contributed by atoms with Crippen molar-refractivity contribution in [1.82, 2.24) is 0 Å². The number of anilines is 2. The number of carbonyl (C=O) groups is 2. The number of thioether (sulfide) groups is 1. The largest absolute Gasteiger partial charge is 0.422 e. The van der Waals surface area contributed by atoms with Crippen LogP contribution in [0.5, 0.6) is 0 Å². The zero-order valence-corrected chi connectivity index (χ0v) is 16.2. The summed E-state index contributed by atoms with van der Waals surface area (Å²) in [6.07, 6.45) is -4.00. The first-order chi connectivity index (χ1) is 14.5. The van der Waals surface area contributed by atoms with Crippen LogP contribution in [0.2, 0.25) is 0 Å². The Morgan fingerprint density at radius 1 is 0.903 bits per heavy atom. The topological polar surface area (TPSA) is 58.2 Å². The molecule has 0 atom stereocenters. The van der Waals surface area contributed by atoms with E-state index in [-0.39, 0.29) is 11.8 Å². The molecule has 0 radical (unpaired) electrons. The molecule has 0 aromatic heterocycles. The lowest BCUT2D eigenvalue weighted by Crippen LogP contribution is -2.21. The van der Waals surface area contributed by atoms with Crippen molar-refractivity contribution in [2.45, 2.75) is 23.9 Å². The van der Waals surface area contributed by atoms with Crippen molar-refractivity contribution in [1.29, 1.82) is 0 Å². The van der Waals surface area contributed by atoms with Crippen molar-refractivity contribution >= 4 is 35.0 Å². The molecule has 0 unspecified atom stereocenters. The third-order valence-electron chi connectivity index (χ3n) is 4.25. The minimum Gasteiger partial charge on any atom is -0.326 e. The van der Waals surface area contributed by atoms with Crippen molar-refractivity contribution < 1.29 is 40.3 Å². The lowest BCUT2D eigenvalue weighted by Gasteiger charge is -2.14. The summed E-state index contributed by atoms with van der Waals surface area (Å²) >= 11 is 0.884. The van der Waals surface area contributed by atoms with Gasteiger partial charge in [0.2, 0.25) is 11.8 Å². The molecule has 0 heterocycles. The van der Waals surface area contributed by atoms with E-state index in [1.54, 1.807) is 29.6 Å². The molecule has 2 aromatic rings. The maximum absolute atomic E-state index is 13.8. The third kappa shape index (κ3) is 5.30. The number of carbonyl (C=O) groups excluding carboxylic acids is 2. The van der Waals surface area contributed by atoms with E-state index >= 15 is 0 Å². The van der Waals surface area contributed by atoms with Gasteiger partial charge in [0, 0.05) is 16.5 Å². The van der Waals surface area contributed by atoms with Gasteiger partial charge in [-0.15, -0.1) is 11.8 Å². The van der Waals surface area contributed by atoms with E-state index in [9.17, 15) is 40.3 Å². The molecule has 12 heteroatoms. The number of alkyl halides is 3. The van der Waals surface area contributed by atoms with Crippen LogP contribution in [0, 0.1) is 29.2 Å². The monoisotopic (exact) mass is 466 g/mol. The van der Waals surface area contributed by atoms with Crippen LogP contribution < -0.4 is 10.6 Å². The van der Waals surface area contributed by atoms with Crippen molar-refractivity contribution in [3.63, 3.8) is 0 Å². The zero-order chi connectivity index (χ0) is 22.9. The van der Waals surface area contributed by atoms with Gasteiger partial charge in [0.15, 0.2) is 23.3 Å². The lowest BCUT2D eigenvalue weighted by molar-refractivity contribution is -0.143. The van der Waals surface area contributed by atoms with Gasteiger partial charge in [-0.2, -0.15) is 13.2 Å². The highest BCUT2D eigenvalue weighted by atomic mass is 32.2. The van der Waals surface area contributed by atoms with Crippen molar-refractivity contribution in [2.24, 2.45) is 5.92 Å². The lowest BCUT2D eigenvalue weighted by atomic mass is 10.1. The summed E-state index contributed by atoms with van der Waals surface area (Å²) in [5.41, 5.74) is -3.83. The summed E-state index contributed by atoms with van der Waals surface area (Å²) < 4.78 is 92.6. The molecular formula is C19H13F7N2O2S. The Hall–Kier alpha value is -2.76. The predicted molar refractivity (Wildman–Crippen MR) is 98.4 cm³/mol. The molecule has 4 nitrogen and oxygen atoms in total. The Kier molecular flexibility index (Phi) is 6.48. The van der Waals surface area contributed by atoms with Gasteiger partial charge in [-0.1, -0.05) is 0 Å². The Morgan fingerprint density at radius 2 is 1.45 bits per heavy atom. The van der Waals surface area contributed by atoms with E-state index in [1.807, 2.05) is 0 Å². The van der Waals surface area contributed by atoms with E-state index in [4.69, 9.17) is 0 Å². The molecule has 1 aliphatic rings. The second-order valence-corrected chi connectivity index (χ2v) is 7.68. The zero-order valence-electron chi connectivity index (χ0n) is 15.4. The third-order valence-corrected chi connectivity index (χ3v) is 5.26. The molecule has 0 spiro atoms. The van der Waals surface area contributed by atoms with Crippen LogP contribution in [0.3, 0.4) is 0 Å². The van der Waals surface area contributed by atoms with Gasteiger partial charge in [0.1, 0.15) is 11.3 Å². The number of rotatable bonds is 6. The second kappa shape index (κ2) is 8.77. The molecule has 2 N–H and O–H groups in total. The van der Waals surface area contributed by atoms with Crippen LogP contribution in [0.25, 0.3) is 0 Å². The van der Waals surface area contributed by atoms with Gasteiger partial charge in [-0.25, -0.2) is 17.6 Å². The van der Waals surface area contributed by atoms with E-state index < -0.39 is 52.4 Å². The highest BCUT2D eigenvalue weighted by Crippen LogP contribution is 2.38. The smallest absolute Gasteiger partial charge is 0.326 e. The van der Waals surface area contributed by atoms with Crippen LogP contribution in [0.1, 0.15) is 18.4 Å². The van der Waals surface area contributed by atoms with E-state index in [0.717, 1.165) is 24.6 Å². The Labute approximate surface area is 175 Å². The average molecular weight is 466 g/mol. The number of hydrogen-bond acceptors (Lipinski definition) is 3. The number of amides is 2. The van der Waals surface area contributed by atoms with Gasteiger partial charge < -0.3 is 10.6 Å². The van der Waals surface area contributed by atoms with E-state index in [0.29, 0.717) is 10.6 Å². The van der Waals surface area contributed by atoms with Crippen LogP contribution in [0.15, 0.2) is 29.2 Å². The number of benzene rings is 2. The summed E-state index contributed by atoms with van der Waals surface area (Å²) in [5.74, 6) is -11.7. The summed E-state index contributed by atoms with van der Waals surface area (Å²) in [7, 11) is 0. The van der Waals surface area contributed by atoms with Crippen LogP contribution in [-0.2, 0) is 15.8 Å². The first kappa shape index (κ1) is 22.9. The quantitative estimate of drug-likeness (QED) is 0.343. The standard InChI is InChI=1S/C19H13F7N2O2S/c20-13-12(19(24,25)26)14(21)16(23)17(15(13)22)28-11(29)7-31-10-5-3-9(4-6-10)27-18(30)8-1-2-8/h3-6,8H,1-2,7H2,(H,27,30)(H,28,29). The van der Waals surface area contributed by atoms with Gasteiger partial charge in [0.25, 0.3) is 0 Å². The normalized spacial score (nSPS) is 13.8. The van der Waals surface area contributed by atoms with Gasteiger partial charge in [0.05, 0.1) is 5.75 Å². The molecule has 1 saturated carbocycles. The van der Waals surface area contributed by atoms with Crippen molar-refractivity contribution in [3.05, 3.63) is 53.1 Å². The molecule has 166 valence electrons. The summed E-state index contributed by atoms with van der Waals surface area (Å²) in [6, 6.07) is 6.25. The molecule has 31 heavy (non-hydrogen) atoms. The van der Waals surface area contributed by atoms with Crippen molar-refractivity contribution in [2.75, 3.05) is 16.4 Å². The summed E-state index contributed by atoms with van der Waals surface area (Å²) in [6.45, 7) is 0. The number of hydrogen-bond donors (Lipinski definition) is 2. The minimum absolute atomic E-state index is 0.0124. The number of halogens is 7. The fourth-order valence-corrected chi connectivity index (χ4v) is 3.24. The van der Waals surface area contributed by atoms with E-state index in [2.05, 4.69) is 5.32 Å². The highest BCUT2D eigenvalue weighted by molar-refractivity contribution is 8.00. The summed E-state index contributed by atoms with van der Waals surface area (Å²) in [4.78, 5) is 24.1. The van der Waals surface area contributed by atoms with Gasteiger partial charge in [-0.3, -0.25) is 9.59 Å². The molecule has 1 aliphatic carbocycles. The molecule has 1 fully saturated rings. The Morgan fingerprint density at radius 3 is 1.94 bits per heavy atom. The first-order valence-corrected chi connectivity index (χ1v) is 9.74. The molecule has 2 amide bonds. The molecule has 0 bridgehead atoms. The summed E-state index contributed by atoms with van der Waals surface area (Å²) in [5, 5.41) is 4.26. The van der Waals surface area contributed by atoms with Crippen LogP contribution in [0.4, 0.5) is 42.1 Å². The highest BCUT2D eigenvalue weighted by Gasteiger charge is 2.42. The predicted octanol–water partition coefficient (Wildman–Crippen LogP) is 5.34. The fourth-order valence-electron chi connectivity index (χ4n) is 2.54. The number of nitrogens with one attached hydrogen (secondary N) is 2. The minimum atomic E-state index is -5.67. The molecule has 2 aromatic carbocycles. The van der Waals surface area contributed by atoms with Gasteiger partial charge >= 0.3 is 6.18 Å². The average Bonchev–Trinajstić information content (AvgIpc) is 3.54. The molecule has 3 rings (SSSR count). The second-order valence-electron chi connectivity index (χ2n) is 6.63. The Bertz CT molecular complexity index is 992. The Balaban J connectivity index is 1.64. The molecule has 0 saturated heterocycles. The van der Waals surface area contributed by atoms with Crippen LogP contribution in [-0.4, -0.2) is 17.6 Å². The maximum Gasteiger partial charge on any atom is 0.422 e. The fraction of sp³-hybridized carbons (Fsp3) is 0.263. The van der Waals surface area contributed by atoms with Crippen molar-refractivity contribution in [3.8, 4) is 0 Å². The van der Waals surface area contributed by atoms with Gasteiger partial charge in [-0.05, 0) is 37.1 Å². The van der Waals surface area contributed by atoms with E-state index in [1.165, 1.54) is 0 Å². The SMILES string of the molecule is O=C(CSc1ccc(NC(=O)C2CC2)cc1)Nc1c(F)c(F)c(C(F)(F)F)c(F)c1F.